The lowest BCUT2D eigenvalue weighted by atomic mass is 10.1. The first-order valence-corrected chi connectivity index (χ1v) is 9.32. The monoisotopic (exact) mass is 370 g/mol. The summed E-state index contributed by atoms with van der Waals surface area (Å²) in [4.78, 5) is 25.0. The van der Waals surface area contributed by atoms with E-state index in [0.29, 0.717) is 34.6 Å². The first-order chi connectivity index (χ1) is 11.1. The number of nitrogens with zero attached hydrogens (tertiary/aromatic N) is 1. The van der Waals surface area contributed by atoms with Gasteiger partial charge in [0.2, 0.25) is 11.8 Å². The van der Waals surface area contributed by atoms with E-state index in [2.05, 4.69) is 5.32 Å². The molecular weight excluding hydrogens is 352 g/mol. The summed E-state index contributed by atoms with van der Waals surface area (Å²) in [6, 6.07) is 7.47. The Morgan fingerprint density at radius 1 is 1.30 bits per heavy atom. The number of halogens is 1. The van der Waals surface area contributed by atoms with Crippen molar-refractivity contribution in [2.45, 2.75) is 32.2 Å². The standard InChI is InChI=1S/C16H19ClN2O2S2/c17-13-7-4-3-6-12(13)10-18-14(20)8-2-1-5-9-19-15(21)11-23-16(19)22/h3-4,6-7H,1-2,5,8-11H2,(H,18,20). The number of rotatable bonds is 8. The highest BCUT2D eigenvalue weighted by Crippen LogP contribution is 2.20. The number of unbranched alkanes of at least 4 members (excludes halogenated alkanes) is 2. The van der Waals surface area contributed by atoms with Crippen LogP contribution in [-0.4, -0.2) is 33.3 Å². The number of carbonyl (C=O) groups is 2. The van der Waals surface area contributed by atoms with Crippen molar-refractivity contribution in [2.24, 2.45) is 0 Å². The van der Waals surface area contributed by atoms with Crippen molar-refractivity contribution < 1.29 is 9.59 Å². The highest BCUT2D eigenvalue weighted by molar-refractivity contribution is 8.23. The summed E-state index contributed by atoms with van der Waals surface area (Å²) in [6.07, 6.45) is 3.05. The molecule has 124 valence electrons. The molecule has 0 spiro atoms. The minimum atomic E-state index is 0.0215. The summed E-state index contributed by atoms with van der Waals surface area (Å²) in [5.74, 6) is 0.578. The van der Waals surface area contributed by atoms with Gasteiger partial charge in [-0.1, -0.05) is 60.2 Å². The second-order valence-electron chi connectivity index (χ2n) is 5.28. The van der Waals surface area contributed by atoms with Crippen LogP contribution in [0.3, 0.4) is 0 Å². The van der Waals surface area contributed by atoms with Crippen LogP contribution in [0.5, 0.6) is 0 Å². The maximum atomic E-state index is 11.8. The Balaban J connectivity index is 1.57. The smallest absolute Gasteiger partial charge is 0.238 e. The van der Waals surface area contributed by atoms with E-state index in [-0.39, 0.29) is 11.8 Å². The molecule has 1 heterocycles. The van der Waals surface area contributed by atoms with Crippen molar-refractivity contribution in [2.75, 3.05) is 12.3 Å². The van der Waals surface area contributed by atoms with E-state index in [0.717, 1.165) is 24.8 Å². The Bertz CT molecular complexity index is 579. The molecule has 0 saturated carbocycles. The number of hydrogen-bond donors (Lipinski definition) is 1. The average Bonchev–Trinajstić information content (AvgIpc) is 2.85. The van der Waals surface area contributed by atoms with E-state index in [1.54, 1.807) is 4.90 Å². The molecule has 2 amide bonds. The third-order valence-electron chi connectivity index (χ3n) is 3.56. The van der Waals surface area contributed by atoms with Crippen LogP contribution in [0.4, 0.5) is 0 Å². The lowest BCUT2D eigenvalue weighted by molar-refractivity contribution is -0.124. The lowest BCUT2D eigenvalue weighted by Crippen LogP contribution is -2.29. The molecule has 2 rings (SSSR count). The summed E-state index contributed by atoms with van der Waals surface area (Å²) < 4.78 is 0.674. The number of amides is 2. The van der Waals surface area contributed by atoms with E-state index in [9.17, 15) is 9.59 Å². The molecule has 0 aliphatic carbocycles. The topological polar surface area (TPSA) is 49.4 Å². The van der Waals surface area contributed by atoms with Crippen molar-refractivity contribution in [1.29, 1.82) is 0 Å². The van der Waals surface area contributed by atoms with Crippen LogP contribution in [0, 0.1) is 0 Å². The summed E-state index contributed by atoms with van der Waals surface area (Å²) in [5, 5.41) is 3.54. The highest BCUT2D eigenvalue weighted by atomic mass is 35.5. The number of nitrogens with one attached hydrogen (secondary N) is 1. The third-order valence-corrected chi connectivity index (χ3v) is 5.36. The quantitative estimate of drug-likeness (QED) is 0.563. The molecular formula is C16H19ClN2O2S2. The molecule has 1 saturated heterocycles. The molecule has 0 bridgehead atoms. The zero-order valence-electron chi connectivity index (χ0n) is 12.7. The normalized spacial score (nSPS) is 14.4. The van der Waals surface area contributed by atoms with Gasteiger partial charge in [0.25, 0.3) is 0 Å². The minimum absolute atomic E-state index is 0.0215. The molecule has 23 heavy (non-hydrogen) atoms. The molecule has 0 atom stereocenters. The van der Waals surface area contributed by atoms with Gasteiger partial charge in [0, 0.05) is 24.5 Å². The molecule has 0 aromatic heterocycles. The number of benzene rings is 1. The van der Waals surface area contributed by atoms with Gasteiger partial charge in [0.05, 0.1) is 5.75 Å². The van der Waals surface area contributed by atoms with Crippen LogP contribution < -0.4 is 5.32 Å². The van der Waals surface area contributed by atoms with Crippen LogP contribution in [0.25, 0.3) is 0 Å². The molecule has 0 radical (unpaired) electrons. The van der Waals surface area contributed by atoms with Crippen molar-refractivity contribution in [3.8, 4) is 0 Å². The molecule has 1 aromatic rings. The maximum Gasteiger partial charge on any atom is 0.238 e. The Morgan fingerprint density at radius 2 is 2.09 bits per heavy atom. The van der Waals surface area contributed by atoms with Crippen molar-refractivity contribution >= 4 is 51.7 Å². The zero-order valence-corrected chi connectivity index (χ0v) is 15.1. The first-order valence-electron chi connectivity index (χ1n) is 7.55. The van der Waals surface area contributed by atoms with Crippen molar-refractivity contribution in [1.82, 2.24) is 10.2 Å². The second kappa shape index (κ2) is 9.25. The maximum absolute atomic E-state index is 11.8. The van der Waals surface area contributed by atoms with E-state index in [1.807, 2.05) is 24.3 Å². The Hall–Kier alpha value is -1.11. The van der Waals surface area contributed by atoms with E-state index in [1.165, 1.54) is 11.8 Å². The van der Waals surface area contributed by atoms with Crippen LogP contribution in [-0.2, 0) is 16.1 Å². The van der Waals surface area contributed by atoms with Gasteiger partial charge in [-0.15, -0.1) is 0 Å². The number of hydrogen-bond acceptors (Lipinski definition) is 4. The number of thiocarbonyl (C=S) groups is 1. The van der Waals surface area contributed by atoms with Gasteiger partial charge < -0.3 is 5.32 Å². The Kier molecular flexibility index (Phi) is 7.33. The van der Waals surface area contributed by atoms with Gasteiger partial charge in [-0.05, 0) is 24.5 Å². The van der Waals surface area contributed by atoms with E-state index >= 15 is 0 Å². The summed E-state index contributed by atoms with van der Waals surface area (Å²) in [7, 11) is 0. The largest absolute Gasteiger partial charge is 0.352 e. The predicted molar refractivity (Wildman–Crippen MR) is 98.5 cm³/mol. The molecule has 1 N–H and O–H groups in total. The Morgan fingerprint density at radius 3 is 2.78 bits per heavy atom. The van der Waals surface area contributed by atoms with Gasteiger partial charge in [0.15, 0.2) is 0 Å². The van der Waals surface area contributed by atoms with Gasteiger partial charge >= 0.3 is 0 Å². The third kappa shape index (κ3) is 5.79. The number of carbonyl (C=O) groups excluding carboxylic acids is 2. The lowest BCUT2D eigenvalue weighted by Gasteiger charge is -2.14. The minimum Gasteiger partial charge on any atom is -0.352 e. The van der Waals surface area contributed by atoms with E-state index in [4.69, 9.17) is 23.8 Å². The summed E-state index contributed by atoms with van der Waals surface area (Å²) >= 11 is 12.6. The van der Waals surface area contributed by atoms with Crippen molar-refractivity contribution in [3.05, 3.63) is 34.9 Å². The predicted octanol–water partition coefficient (Wildman–Crippen LogP) is 3.38. The zero-order chi connectivity index (χ0) is 16.7. The summed E-state index contributed by atoms with van der Waals surface area (Å²) in [5.41, 5.74) is 0.918. The SMILES string of the molecule is O=C(CCCCCN1C(=O)CSC1=S)NCc1ccccc1Cl. The molecule has 1 aliphatic rings. The fraction of sp³-hybridized carbons (Fsp3) is 0.438. The van der Waals surface area contributed by atoms with Gasteiger partial charge in [-0.25, -0.2) is 0 Å². The van der Waals surface area contributed by atoms with Crippen LogP contribution in [0.2, 0.25) is 5.02 Å². The molecule has 1 aliphatic heterocycles. The van der Waals surface area contributed by atoms with Crippen LogP contribution in [0.15, 0.2) is 24.3 Å². The van der Waals surface area contributed by atoms with E-state index < -0.39 is 0 Å². The summed E-state index contributed by atoms with van der Waals surface area (Å²) in [6.45, 7) is 1.11. The Labute approximate surface area is 150 Å². The first kappa shape index (κ1) is 18.2. The van der Waals surface area contributed by atoms with Gasteiger partial charge in [-0.3, -0.25) is 14.5 Å². The van der Waals surface area contributed by atoms with Gasteiger partial charge in [-0.2, -0.15) is 0 Å². The number of thioether (sulfide) groups is 1. The van der Waals surface area contributed by atoms with Crippen molar-refractivity contribution in [3.63, 3.8) is 0 Å². The van der Waals surface area contributed by atoms with Crippen LogP contribution in [0.1, 0.15) is 31.2 Å². The molecule has 4 nitrogen and oxygen atoms in total. The fourth-order valence-corrected chi connectivity index (χ4v) is 3.58. The second-order valence-corrected chi connectivity index (χ2v) is 7.30. The average molecular weight is 371 g/mol. The molecule has 1 fully saturated rings. The molecule has 7 heteroatoms. The van der Waals surface area contributed by atoms with Crippen LogP contribution >= 0.6 is 35.6 Å². The highest BCUT2D eigenvalue weighted by Gasteiger charge is 2.25. The fourth-order valence-electron chi connectivity index (χ4n) is 2.25. The molecule has 1 aromatic carbocycles. The van der Waals surface area contributed by atoms with Gasteiger partial charge in [0.1, 0.15) is 4.32 Å². The molecule has 0 unspecified atom stereocenters.